The first-order valence-corrected chi connectivity index (χ1v) is 8.80. The fourth-order valence-corrected chi connectivity index (χ4v) is 3.11. The fourth-order valence-electron chi connectivity index (χ4n) is 2.57. The second-order valence-electron chi connectivity index (χ2n) is 5.24. The maximum Gasteiger partial charge on any atom is 0.132 e. The second-order valence-corrected chi connectivity index (χ2v) is 6.09. The van der Waals surface area contributed by atoms with Crippen LogP contribution < -0.4 is 10.1 Å². The number of aromatic nitrogens is 1. The number of nitrogens with one attached hydrogen (secondary N) is 1. The number of pyridine rings is 1. The molecule has 0 unspecified atom stereocenters. The third kappa shape index (κ3) is 4.02. The molecule has 0 aliphatic rings. The van der Waals surface area contributed by atoms with Crippen molar-refractivity contribution in [3.63, 3.8) is 0 Å². The lowest BCUT2D eigenvalue weighted by Crippen LogP contribution is -2.24. The molecule has 0 aliphatic heterocycles. The molecule has 3 nitrogen and oxygen atoms in total. The lowest BCUT2D eigenvalue weighted by Gasteiger charge is -2.23. The fraction of sp³-hybridized carbons (Fsp3) is 0.389. The van der Waals surface area contributed by atoms with Crippen molar-refractivity contribution in [3.05, 3.63) is 53.9 Å². The molecule has 0 saturated heterocycles. The van der Waals surface area contributed by atoms with E-state index in [-0.39, 0.29) is 6.04 Å². The Labute approximate surface area is 137 Å². The van der Waals surface area contributed by atoms with Crippen LogP contribution in [0.2, 0.25) is 0 Å². The van der Waals surface area contributed by atoms with E-state index in [9.17, 15) is 0 Å². The molecule has 0 saturated carbocycles. The highest BCUT2D eigenvalue weighted by Gasteiger charge is 2.15. The van der Waals surface area contributed by atoms with Crippen molar-refractivity contribution < 1.29 is 4.74 Å². The predicted molar refractivity (Wildman–Crippen MR) is 93.6 cm³/mol. The normalized spacial score (nSPS) is 13.6. The van der Waals surface area contributed by atoms with Gasteiger partial charge in [0, 0.05) is 29.4 Å². The van der Waals surface area contributed by atoms with Gasteiger partial charge in [0.2, 0.25) is 0 Å². The monoisotopic (exact) mass is 316 g/mol. The molecule has 1 aromatic carbocycles. The topological polar surface area (TPSA) is 34.1 Å². The summed E-state index contributed by atoms with van der Waals surface area (Å²) in [7, 11) is 1.72. The Morgan fingerprint density at radius 3 is 2.50 bits per heavy atom. The lowest BCUT2D eigenvalue weighted by molar-refractivity contribution is 0.401. The summed E-state index contributed by atoms with van der Waals surface area (Å²) in [6.45, 7) is 4.39. The molecule has 1 heterocycles. The maximum atomic E-state index is 5.49. The molecular weight excluding hydrogens is 292 g/mol. The highest BCUT2D eigenvalue weighted by molar-refractivity contribution is 7.98. The number of ether oxygens (including phenoxy) is 1. The van der Waals surface area contributed by atoms with Gasteiger partial charge in [-0.15, -0.1) is 11.8 Å². The zero-order valence-electron chi connectivity index (χ0n) is 13.7. The van der Waals surface area contributed by atoms with E-state index < -0.39 is 0 Å². The summed E-state index contributed by atoms with van der Waals surface area (Å²) in [6, 6.07) is 11.2. The van der Waals surface area contributed by atoms with Crippen molar-refractivity contribution in [1.82, 2.24) is 10.3 Å². The molecule has 0 amide bonds. The van der Waals surface area contributed by atoms with Gasteiger partial charge >= 0.3 is 0 Å². The third-order valence-electron chi connectivity index (χ3n) is 3.88. The first-order valence-electron chi connectivity index (χ1n) is 7.57. The Hall–Kier alpha value is -1.52. The highest BCUT2D eigenvalue weighted by Crippen LogP contribution is 2.31. The molecule has 2 atom stereocenters. The van der Waals surface area contributed by atoms with E-state index >= 15 is 0 Å². The van der Waals surface area contributed by atoms with Crippen molar-refractivity contribution in [2.75, 3.05) is 13.4 Å². The van der Waals surface area contributed by atoms with E-state index in [1.54, 1.807) is 18.9 Å². The quantitative estimate of drug-likeness (QED) is 0.756. The zero-order chi connectivity index (χ0) is 15.9. The summed E-state index contributed by atoms with van der Waals surface area (Å²) in [6.07, 6.45) is 6.80. The minimum atomic E-state index is 0.253. The molecule has 1 N–H and O–H groups in total. The number of hydrogen-bond acceptors (Lipinski definition) is 4. The highest BCUT2D eigenvalue weighted by atomic mass is 32.2. The molecule has 0 fully saturated rings. The van der Waals surface area contributed by atoms with Crippen molar-refractivity contribution in [2.45, 2.75) is 37.2 Å². The van der Waals surface area contributed by atoms with Crippen molar-refractivity contribution in [3.8, 4) is 5.75 Å². The molecule has 4 heteroatoms. The van der Waals surface area contributed by atoms with Gasteiger partial charge < -0.3 is 10.1 Å². The summed E-state index contributed by atoms with van der Waals surface area (Å²) in [5, 5.41) is 3.70. The molecule has 0 bridgehead atoms. The lowest BCUT2D eigenvalue weighted by atomic mass is 10.0. The molecule has 1 aromatic heterocycles. The van der Waals surface area contributed by atoms with Crippen molar-refractivity contribution in [2.24, 2.45) is 0 Å². The van der Waals surface area contributed by atoms with Gasteiger partial charge in [0.1, 0.15) is 5.75 Å². The number of methoxy groups -OCH3 is 1. The number of thioether (sulfide) groups is 1. The minimum Gasteiger partial charge on any atom is -0.496 e. The average Bonchev–Trinajstić information content (AvgIpc) is 2.59. The molecule has 0 spiro atoms. The molecule has 2 aromatic rings. The van der Waals surface area contributed by atoms with Crippen LogP contribution in [-0.2, 0) is 0 Å². The van der Waals surface area contributed by atoms with E-state index in [4.69, 9.17) is 4.74 Å². The Balaban J connectivity index is 2.15. The SMILES string of the molecule is CC[C@@H](N[C@H](C)c1ccc(SC)c(OC)c1)c1ccncc1. The standard InChI is InChI=1S/C18H24N2OS/c1-5-16(14-8-10-19-11-9-14)20-13(2)15-6-7-18(22-4)17(12-15)21-3/h6-13,16,20H,5H2,1-4H3/t13-,16-/m1/s1. The Bertz CT molecular complexity index is 589. The number of hydrogen-bond donors (Lipinski definition) is 1. The van der Waals surface area contributed by atoms with E-state index in [2.05, 4.69) is 60.7 Å². The van der Waals surface area contributed by atoms with Crippen LogP contribution in [0.15, 0.2) is 47.6 Å². The number of benzene rings is 1. The smallest absolute Gasteiger partial charge is 0.132 e. The summed E-state index contributed by atoms with van der Waals surface area (Å²) in [5.41, 5.74) is 2.51. The van der Waals surface area contributed by atoms with E-state index in [0.717, 1.165) is 12.2 Å². The van der Waals surface area contributed by atoms with Crippen LogP contribution in [0.3, 0.4) is 0 Å². The van der Waals surface area contributed by atoms with Crippen LogP contribution in [0.4, 0.5) is 0 Å². The average molecular weight is 316 g/mol. The largest absolute Gasteiger partial charge is 0.496 e. The third-order valence-corrected chi connectivity index (χ3v) is 4.65. The van der Waals surface area contributed by atoms with Gasteiger partial charge in [-0.05, 0) is 55.0 Å². The van der Waals surface area contributed by atoms with E-state index in [0.29, 0.717) is 6.04 Å². The molecule has 2 rings (SSSR count). The van der Waals surface area contributed by atoms with E-state index in [1.807, 2.05) is 12.4 Å². The molecule has 0 aliphatic carbocycles. The van der Waals surface area contributed by atoms with Gasteiger partial charge in [-0.25, -0.2) is 0 Å². The van der Waals surface area contributed by atoms with Gasteiger partial charge in [0.15, 0.2) is 0 Å². The van der Waals surface area contributed by atoms with Gasteiger partial charge in [-0.1, -0.05) is 13.0 Å². The Morgan fingerprint density at radius 2 is 1.91 bits per heavy atom. The summed E-state index contributed by atoms with van der Waals surface area (Å²) >= 11 is 1.70. The Morgan fingerprint density at radius 1 is 1.18 bits per heavy atom. The molecule has 0 radical (unpaired) electrons. The first-order chi connectivity index (χ1) is 10.7. The van der Waals surface area contributed by atoms with E-state index in [1.165, 1.54) is 16.0 Å². The minimum absolute atomic E-state index is 0.253. The van der Waals surface area contributed by atoms with Crippen molar-refractivity contribution in [1.29, 1.82) is 0 Å². The van der Waals surface area contributed by atoms with Crippen LogP contribution >= 0.6 is 11.8 Å². The summed E-state index contributed by atoms with van der Waals surface area (Å²) in [4.78, 5) is 5.26. The van der Waals surface area contributed by atoms with Crippen LogP contribution in [0.1, 0.15) is 43.5 Å². The molecular formula is C18H24N2OS. The van der Waals surface area contributed by atoms with Crippen molar-refractivity contribution >= 4 is 11.8 Å². The number of nitrogens with zero attached hydrogens (tertiary/aromatic N) is 1. The van der Waals surface area contributed by atoms with Gasteiger partial charge in [0.25, 0.3) is 0 Å². The van der Waals surface area contributed by atoms with Gasteiger partial charge in [-0.2, -0.15) is 0 Å². The second kappa shape index (κ2) is 8.20. The first kappa shape index (κ1) is 16.8. The predicted octanol–water partition coefficient (Wildman–Crippen LogP) is 4.61. The maximum absolute atomic E-state index is 5.49. The van der Waals surface area contributed by atoms with Crippen LogP contribution in [-0.4, -0.2) is 18.3 Å². The zero-order valence-corrected chi connectivity index (χ0v) is 14.5. The van der Waals surface area contributed by atoms with Crippen LogP contribution in [0, 0.1) is 0 Å². The number of rotatable bonds is 7. The summed E-state index contributed by atoms with van der Waals surface area (Å²) < 4.78 is 5.49. The summed E-state index contributed by atoms with van der Waals surface area (Å²) in [5.74, 6) is 0.940. The Kier molecular flexibility index (Phi) is 6.28. The molecule has 118 valence electrons. The van der Waals surface area contributed by atoms with Crippen LogP contribution in [0.25, 0.3) is 0 Å². The van der Waals surface area contributed by atoms with Gasteiger partial charge in [-0.3, -0.25) is 4.98 Å². The van der Waals surface area contributed by atoms with Crippen LogP contribution in [0.5, 0.6) is 5.75 Å². The molecule has 22 heavy (non-hydrogen) atoms. The van der Waals surface area contributed by atoms with Gasteiger partial charge in [0.05, 0.1) is 7.11 Å².